The monoisotopic (exact) mass is 706 g/mol. The molecule has 53 heavy (non-hydrogen) atoms. The number of nitrogens with zero attached hydrogens (tertiary/aromatic N) is 4. The second-order valence-corrected chi connectivity index (χ2v) is 13.8. The zero-order valence-electron chi connectivity index (χ0n) is 29.5. The lowest BCUT2D eigenvalue weighted by atomic mass is 10.0. The third-order valence-corrected chi connectivity index (χ3v) is 10.5. The molecule has 6 heteroatoms. The van der Waals surface area contributed by atoms with Gasteiger partial charge in [0.25, 0.3) is 0 Å². The second-order valence-electron chi connectivity index (χ2n) is 12.8. The van der Waals surface area contributed by atoms with Gasteiger partial charge in [-0.2, -0.15) is 0 Å². The van der Waals surface area contributed by atoms with Crippen LogP contribution in [-0.4, -0.2) is 18.4 Å². The van der Waals surface area contributed by atoms with Crippen molar-refractivity contribution in [2.45, 2.75) is 31.2 Å². The third-order valence-electron chi connectivity index (χ3n) is 9.29. The standard InChI is InChI=1S/C47H38N4OS/c1-3-4-21-42-39(31-46(49-32-33-15-7-5-8-16-33)50-47(48-2)35-17-9-6-10-18-35)38-30-36(26-29-43(38)52-42)34-24-27-37(28-25-34)51-40-19-11-13-22-44(40)53-45-23-14-12-20-41(45)51/h3-11,13-19,21-31H,2,12,20,32H2,1H3/b4-3-,39-31?,42-21+,49-46?,50-47?. The summed E-state index contributed by atoms with van der Waals surface area (Å²) in [5.74, 6) is 1.03. The Morgan fingerprint density at radius 1 is 0.868 bits per heavy atom. The average Bonchev–Trinajstić information content (AvgIpc) is 3.56. The molecule has 1 aromatic heterocycles. The normalized spacial score (nSPS) is 15.4. The first-order valence-electron chi connectivity index (χ1n) is 17.8. The number of fused-ring (bicyclic) bond motifs is 2. The second kappa shape index (κ2) is 15.6. The Labute approximate surface area is 314 Å². The minimum absolute atomic E-state index is 0.464. The van der Waals surface area contributed by atoms with Crippen molar-refractivity contribution in [3.8, 4) is 11.1 Å². The molecule has 6 aromatic rings. The molecule has 1 aliphatic heterocycles. The van der Waals surface area contributed by atoms with E-state index in [1.165, 1.54) is 21.2 Å². The molecule has 0 amide bonds. The first-order chi connectivity index (χ1) is 26.2. The molecule has 0 fully saturated rings. The van der Waals surface area contributed by atoms with Crippen LogP contribution < -0.4 is 15.5 Å². The molecule has 2 heterocycles. The smallest absolute Gasteiger partial charge is 0.160 e. The van der Waals surface area contributed by atoms with Crippen molar-refractivity contribution in [1.82, 2.24) is 0 Å². The molecule has 0 radical (unpaired) electrons. The molecule has 5 aromatic carbocycles. The summed E-state index contributed by atoms with van der Waals surface area (Å²) in [6.07, 6.45) is 14.6. The van der Waals surface area contributed by atoms with E-state index in [1.54, 1.807) is 0 Å². The number of allylic oxidation sites excluding steroid dienone is 5. The van der Waals surface area contributed by atoms with E-state index in [0.717, 1.165) is 62.4 Å². The van der Waals surface area contributed by atoms with Gasteiger partial charge < -0.3 is 9.32 Å². The Kier molecular flexibility index (Phi) is 9.95. The van der Waals surface area contributed by atoms with Crippen molar-refractivity contribution < 1.29 is 4.42 Å². The molecule has 0 saturated heterocycles. The van der Waals surface area contributed by atoms with E-state index in [1.807, 2.05) is 91.5 Å². The van der Waals surface area contributed by atoms with E-state index in [0.29, 0.717) is 18.2 Å². The summed E-state index contributed by atoms with van der Waals surface area (Å²) in [7, 11) is 0. The fraction of sp³-hybridized carbons (Fsp3) is 0.0851. The fourth-order valence-corrected chi connectivity index (χ4v) is 7.81. The van der Waals surface area contributed by atoms with Gasteiger partial charge in [0.2, 0.25) is 0 Å². The van der Waals surface area contributed by atoms with Gasteiger partial charge in [0.1, 0.15) is 11.0 Å². The Balaban J connectivity index is 1.23. The lowest BCUT2D eigenvalue weighted by molar-refractivity contribution is 0.576. The van der Waals surface area contributed by atoms with Crippen LogP contribution in [0.1, 0.15) is 30.9 Å². The predicted molar refractivity (Wildman–Crippen MR) is 225 cm³/mol. The minimum atomic E-state index is 0.464. The molecular weight excluding hydrogens is 669 g/mol. The summed E-state index contributed by atoms with van der Waals surface area (Å²) >= 11 is 1.87. The lowest BCUT2D eigenvalue weighted by Crippen LogP contribution is -2.22. The number of benzene rings is 5. The maximum absolute atomic E-state index is 6.46. The number of aliphatic imine (C=N–C) groups is 3. The SMILES string of the molecule is C=NC(=NC(C=c1/c(=C\C=C/C)oc2ccc(-c3ccc(N4C5=C(C=CCC5)Sc5ccccc54)cc3)cc12)=NCc1ccccc1)c1ccccc1. The highest BCUT2D eigenvalue weighted by Crippen LogP contribution is 2.49. The molecule has 0 spiro atoms. The topological polar surface area (TPSA) is 53.5 Å². The van der Waals surface area contributed by atoms with E-state index >= 15 is 0 Å². The number of para-hydroxylation sites is 1. The highest BCUT2D eigenvalue weighted by molar-refractivity contribution is 8.03. The maximum Gasteiger partial charge on any atom is 0.160 e. The number of hydrogen-bond acceptors (Lipinski definition) is 4. The van der Waals surface area contributed by atoms with Crippen molar-refractivity contribution in [3.05, 3.63) is 184 Å². The molecule has 0 saturated carbocycles. The van der Waals surface area contributed by atoms with E-state index in [9.17, 15) is 0 Å². The fourth-order valence-electron chi connectivity index (χ4n) is 6.69. The number of furan rings is 1. The van der Waals surface area contributed by atoms with Crippen LogP contribution in [-0.2, 0) is 6.54 Å². The van der Waals surface area contributed by atoms with Gasteiger partial charge in [-0.05, 0) is 91.7 Å². The van der Waals surface area contributed by atoms with Crippen LogP contribution in [0.25, 0.3) is 34.2 Å². The molecule has 5 nitrogen and oxygen atoms in total. The summed E-state index contributed by atoms with van der Waals surface area (Å²) in [6.45, 7) is 6.29. The molecule has 2 aliphatic rings. The average molecular weight is 707 g/mol. The Morgan fingerprint density at radius 3 is 2.42 bits per heavy atom. The van der Waals surface area contributed by atoms with E-state index in [2.05, 4.69) is 108 Å². The molecule has 0 bridgehead atoms. The zero-order valence-corrected chi connectivity index (χ0v) is 30.3. The number of thioether (sulfide) groups is 1. The van der Waals surface area contributed by atoms with Gasteiger partial charge in [0.15, 0.2) is 11.7 Å². The molecule has 258 valence electrons. The quantitative estimate of drug-likeness (QED) is 0.123. The number of anilines is 2. The summed E-state index contributed by atoms with van der Waals surface area (Å²) in [5.41, 5.74) is 9.45. The van der Waals surface area contributed by atoms with Crippen LogP contribution in [0.15, 0.2) is 187 Å². The summed E-state index contributed by atoms with van der Waals surface area (Å²) in [6, 6.07) is 44.0. The summed E-state index contributed by atoms with van der Waals surface area (Å²) in [4.78, 5) is 19.3. The van der Waals surface area contributed by atoms with Crippen molar-refractivity contribution in [3.63, 3.8) is 0 Å². The van der Waals surface area contributed by atoms with Gasteiger partial charge in [0.05, 0.1) is 12.2 Å². The van der Waals surface area contributed by atoms with Crippen molar-refractivity contribution >= 4 is 64.6 Å². The lowest BCUT2D eigenvalue weighted by Gasteiger charge is -2.35. The zero-order chi connectivity index (χ0) is 36.0. The van der Waals surface area contributed by atoms with Gasteiger partial charge in [-0.15, -0.1) is 0 Å². The summed E-state index contributed by atoms with van der Waals surface area (Å²) in [5, 5.41) is 1.87. The van der Waals surface area contributed by atoms with Crippen LogP contribution in [0.2, 0.25) is 0 Å². The minimum Gasteiger partial charge on any atom is -0.456 e. The van der Waals surface area contributed by atoms with Crippen molar-refractivity contribution in [2.75, 3.05) is 4.90 Å². The van der Waals surface area contributed by atoms with Gasteiger partial charge in [0, 0.05) is 37.4 Å². The number of rotatable bonds is 7. The Bertz CT molecular complexity index is 2580. The molecular formula is C47H38N4OS. The Hall–Kier alpha value is -6.24. The maximum atomic E-state index is 6.46. The van der Waals surface area contributed by atoms with Crippen LogP contribution >= 0.6 is 11.8 Å². The Morgan fingerprint density at radius 2 is 1.62 bits per heavy atom. The number of hydrogen-bond donors (Lipinski definition) is 0. The molecule has 8 rings (SSSR count). The first kappa shape index (κ1) is 33.9. The highest BCUT2D eigenvalue weighted by Gasteiger charge is 2.27. The van der Waals surface area contributed by atoms with Crippen LogP contribution in [0.3, 0.4) is 0 Å². The largest absolute Gasteiger partial charge is 0.456 e. The molecule has 0 unspecified atom stereocenters. The molecule has 0 N–H and O–H groups in total. The predicted octanol–water partition coefficient (Wildman–Crippen LogP) is 10.8. The van der Waals surface area contributed by atoms with E-state index in [-0.39, 0.29) is 0 Å². The first-order valence-corrected chi connectivity index (χ1v) is 18.6. The van der Waals surface area contributed by atoms with E-state index in [4.69, 9.17) is 14.4 Å². The van der Waals surface area contributed by atoms with Crippen LogP contribution in [0, 0.1) is 0 Å². The van der Waals surface area contributed by atoms with Gasteiger partial charge in [-0.25, -0.2) is 9.98 Å². The van der Waals surface area contributed by atoms with Gasteiger partial charge >= 0.3 is 0 Å². The van der Waals surface area contributed by atoms with E-state index < -0.39 is 0 Å². The van der Waals surface area contributed by atoms with Gasteiger partial charge in [-0.1, -0.05) is 127 Å². The van der Waals surface area contributed by atoms with Crippen LogP contribution in [0.5, 0.6) is 0 Å². The van der Waals surface area contributed by atoms with Crippen molar-refractivity contribution in [2.24, 2.45) is 15.0 Å². The number of amidine groups is 2. The van der Waals surface area contributed by atoms with Crippen molar-refractivity contribution in [1.29, 1.82) is 0 Å². The molecule has 1 aliphatic carbocycles. The van der Waals surface area contributed by atoms with Crippen LogP contribution in [0.4, 0.5) is 11.4 Å². The third kappa shape index (κ3) is 7.27. The highest BCUT2D eigenvalue weighted by atomic mass is 32.2. The molecule has 0 atom stereocenters. The summed E-state index contributed by atoms with van der Waals surface area (Å²) < 4.78 is 6.46. The van der Waals surface area contributed by atoms with Gasteiger partial charge in [-0.3, -0.25) is 4.99 Å².